The molecule has 1 saturated heterocycles. The van der Waals surface area contributed by atoms with E-state index in [4.69, 9.17) is 4.74 Å². The number of likely N-dealkylation sites (tertiary alicyclic amines) is 1. The number of nitrogens with zero attached hydrogens (tertiary/aromatic N) is 1. The molecule has 0 bridgehead atoms. The first kappa shape index (κ1) is 9.73. The number of rotatable bonds is 4. The van der Waals surface area contributed by atoms with Crippen LogP contribution in [0, 0.1) is 0 Å². The summed E-state index contributed by atoms with van der Waals surface area (Å²) < 4.78 is 5.82. The van der Waals surface area contributed by atoms with Crippen LogP contribution in [0.2, 0.25) is 0 Å². The Labute approximate surface area is 95.0 Å². The van der Waals surface area contributed by atoms with Gasteiger partial charge in [0, 0.05) is 23.6 Å². The zero-order chi connectivity index (χ0) is 10.8. The van der Waals surface area contributed by atoms with Gasteiger partial charge in [-0.2, -0.15) is 0 Å². The van der Waals surface area contributed by atoms with Gasteiger partial charge in [-0.3, -0.25) is 4.90 Å². The number of benzene rings is 1. The molecule has 1 fully saturated rings. The van der Waals surface area contributed by atoms with Crippen LogP contribution in [0.4, 0.5) is 0 Å². The second-order valence-corrected chi connectivity index (χ2v) is 4.24. The summed E-state index contributed by atoms with van der Waals surface area (Å²) in [4.78, 5) is 5.61. The molecule has 1 aliphatic heterocycles. The van der Waals surface area contributed by atoms with Gasteiger partial charge in [0.1, 0.15) is 12.4 Å². The smallest absolute Gasteiger partial charge is 0.128 e. The average molecular weight is 216 g/mol. The number of aromatic nitrogens is 1. The van der Waals surface area contributed by atoms with Gasteiger partial charge in [-0.1, -0.05) is 6.07 Å². The van der Waals surface area contributed by atoms with E-state index in [1.807, 2.05) is 18.3 Å². The van der Waals surface area contributed by atoms with E-state index in [1.54, 1.807) is 0 Å². The summed E-state index contributed by atoms with van der Waals surface area (Å²) in [5.41, 5.74) is 1.14. The zero-order valence-electron chi connectivity index (χ0n) is 9.28. The lowest BCUT2D eigenvalue weighted by atomic mass is 10.2. The summed E-state index contributed by atoms with van der Waals surface area (Å²) in [6, 6.07) is 8.19. The molecule has 0 amide bonds. The van der Waals surface area contributed by atoms with E-state index < -0.39 is 0 Å². The van der Waals surface area contributed by atoms with E-state index in [0.717, 1.165) is 24.4 Å². The lowest BCUT2D eigenvalue weighted by Crippen LogP contribution is -2.39. The second kappa shape index (κ2) is 4.18. The average Bonchev–Trinajstić information content (AvgIpc) is 2.70. The third-order valence-corrected chi connectivity index (χ3v) is 3.17. The van der Waals surface area contributed by atoms with Crippen molar-refractivity contribution in [2.45, 2.75) is 6.42 Å². The molecule has 0 radical (unpaired) electrons. The molecule has 0 atom stereocenters. The summed E-state index contributed by atoms with van der Waals surface area (Å²) in [7, 11) is 0. The number of H-pyrrole nitrogens is 1. The van der Waals surface area contributed by atoms with Gasteiger partial charge in [-0.05, 0) is 37.7 Å². The Bertz CT molecular complexity index is 473. The van der Waals surface area contributed by atoms with Crippen molar-refractivity contribution in [3.05, 3.63) is 30.5 Å². The Kier molecular flexibility index (Phi) is 2.54. The molecular weight excluding hydrogens is 200 g/mol. The van der Waals surface area contributed by atoms with Crippen LogP contribution < -0.4 is 4.74 Å². The fraction of sp³-hybridized carbons (Fsp3) is 0.385. The lowest BCUT2D eigenvalue weighted by Gasteiger charge is -2.30. The standard InChI is InChI=1S/C13H16N2O/c1-3-12-11(5-6-14-12)13(4-1)16-10-9-15-7-2-8-15/h1,3-6,14H,2,7-10H2. The topological polar surface area (TPSA) is 28.3 Å². The minimum atomic E-state index is 0.782. The summed E-state index contributed by atoms with van der Waals surface area (Å²) in [5.74, 6) is 0.985. The van der Waals surface area contributed by atoms with E-state index in [9.17, 15) is 0 Å². The van der Waals surface area contributed by atoms with Crippen molar-refractivity contribution < 1.29 is 4.74 Å². The third kappa shape index (κ3) is 1.78. The molecule has 1 aromatic carbocycles. The van der Waals surface area contributed by atoms with Crippen molar-refractivity contribution in [1.82, 2.24) is 9.88 Å². The monoisotopic (exact) mass is 216 g/mol. The third-order valence-electron chi connectivity index (χ3n) is 3.17. The highest BCUT2D eigenvalue weighted by atomic mass is 16.5. The molecule has 2 aromatic rings. The van der Waals surface area contributed by atoms with Gasteiger partial charge in [0.2, 0.25) is 0 Å². The number of aromatic amines is 1. The van der Waals surface area contributed by atoms with Crippen LogP contribution in [0.5, 0.6) is 5.75 Å². The van der Waals surface area contributed by atoms with Crippen LogP contribution in [-0.2, 0) is 0 Å². The highest BCUT2D eigenvalue weighted by Crippen LogP contribution is 2.24. The molecular formula is C13H16N2O. The van der Waals surface area contributed by atoms with E-state index in [0.29, 0.717) is 0 Å². The van der Waals surface area contributed by atoms with Crippen molar-refractivity contribution in [2.75, 3.05) is 26.2 Å². The molecule has 3 rings (SSSR count). The van der Waals surface area contributed by atoms with Gasteiger partial charge in [0.15, 0.2) is 0 Å². The summed E-state index contributed by atoms with van der Waals surface area (Å²) >= 11 is 0. The first-order chi connectivity index (χ1) is 7.93. The Morgan fingerprint density at radius 2 is 2.19 bits per heavy atom. The quantitative estimate of drug-likeness (QED) is 0.849. The molecule has 2 heterocycles. The molecule has 1 aromatic heterocycles. The van der Waals surface area contributed by atoms with E-state index >= 15 is 0 Å². The maximum atomic E-state index is 5.82. The van der Waals surface area contributed by atoms with Crippen molar-refractivity contribution in [1.29, 1.82) is 0 Å². The summed E-state index contributed by atoms with van der Waals surface area (Å²) in [6.07, 6.45) is 3.29. The second-order valence-electron chi connectivity index (χ2n) is 4.24. The maximum absolute atomic E-state index is 5.82. The Morgan fingerprint density at radius 3 is 3.00 bits per heavy atom. The SMILES string of the molecule is c1cc(OCCN2CCC2)c2cc[nH]c2c1. The van der Waals surface area contributed by atoms with Crippen LogP contribution in [0.1, 0.15) is 6.42 Å². The minimum Gasteiger partial charge on any atom is -0.492 e. The van der Waals surface area contributed by atoms with Crippen LogP contribution in [0.15, 0.2) is 30.5 Å². The summed E-state index contributed by atoms with van der Waals surface area (Å²) in [5, 5.41) is 1.17. The highest BCUT2D eigenvalue weighted by Gasteiger charge is 2.13. The number of ether oxygens (including phenoxy) is 1. The Morgan fingerprint density at radius 1 is 1.25 bits per heavy atom. The van der Waals surface area contributed by atoms with E-state index in [1.165, 1.54) is 24.9 Å². The van der Waals surface area contributed by atoms with Crippen molar-refractivity contribution in [3.63, 3.8) is 0 Å². The minimum absolute atomic E-state index is 0.782. The normalized spacial score (nSPS) is 16.2. The van der Waals surface area contributed by atoms with Gasteiger partial charge in [0.05, 0.1) is 0 Å². The van der Waals surface area contributed by atoms with Crippen molar-refractivity contribution in [3.8, 4) is 5.75 Å². The number of hydrogen-bond donors (Lipinski definition) is 1. The molecule has 3 heteroatoms. The molecule has 0 unspecified atom stereocenters. The first-order valence-electron chi connectivity index (χ1n) is 5.85. The number of fused-ring (bicyclic) bond motifs is 1. The van der Waals surface area contributed by atoms with Gasteiger partial charge >= 0.3 is 0 Å². The van der Waals surface area contributed by atoms with E-state index in [-0.39, 0.29) is 0 Å². The molecule has 16 heavy (non-hydrogen) atoms. The molecule has 84 valence electrons. The van der Waals surface area contributed by atoms with Gasteiger partial charge < -0.3 is 9.72 Å². The predicted molar refractivity (Wildman–Crippen MR) is 64.9 cm³/mol. The van der Waals surface area contributed by atoms with Gasteiger partial charge in [-0.15, -0.1) is 0 Å². The van der Waals surface area contributed by atoms with Crippen LogP contribution in [-0.4, -0.2) is 36.1 Å². The van der Waals surface area contributed by atoms with Gasteiger partial charge in [0.25, 0.3) is 0 Å². The largest absolute Gasteiger partial charge is 0.492 e. The molecule has 1 aliphatic rings. The number of hydrogen-bond acceptors (Lipinski definition) is 2. The molecule has 1 N–H and O–H groups in total. The van der Waals surface area contributed by atoms with Crippen LogP contribution in [0.25, 0.3) is 10.9 Å². The fourth-order valence-corrected chi connectivity index (χ4v) is 2.07. The zero-order valence-corrected chi connectivity index (χ0v) is 9.28. The van der Waals surface area contributed by atoms with Crippen LogP contribution in [0.3, 0.4) is 0 Å². The number of nitrogens with one attached hydrogen (secondary N) is 1. The van der Waals surface area contributed by atoms with Crippen molar-refractivity contribution in [2.24, 2.45) is 0 Å². The molecule has 0 saturated carbocycles. The van der Waals surface area contributed by atoms with Crippen LogP contribution >= 0.6 is 0 Å². The maximum Gasteiger partial charge on any atom is 0.128 e. The predicted octanol–water partition coefficient (Wildman–Crippen LogP) is 2.25. The summed E-state index contributed by atoms with van der Waals surface area (Å²) in [6.45, 7) is 4.29. The highest BCUT2D eigenvalue weighted by molar-refractivity contribution is 5.85. The molecule has 0 spiro atoms. The van der Waals surface area contributed by atoms with E-state index in [2.05, 4.69) is 22.0 Å². The Balaban J connectivity index is 1.66. The lowest BCUT2D eigenvalue weighted by molar-refractivity contribution is 0.147. The first-order valence-corrected chi connectivity index (χ1v) is 5.85. The molecule has 0 aliphatic carbocycles. The van der Waals surface area contributed by atoms with Crippen molar-refractivity contribution >= 4 is 10.9 Å². The molecule has 3 nitrogen and oxygen atoms in total. The fourth-order valence-electron chi connectivity index (χ4n) is 2.07. The van der Waals surface area contributed by atoms with Gasteiger partial charge in [-0.25, -0.2) is 0 Å². The Hall–Kier alpha value is -1.48.